The molecule has 4 heteroatoms. The molecule has 0 bridgehead atoms. The summed E-state index contributed by atoms with van der Waals surface area (Å²) in [6, 6.07) is 21.9. The Morgan fingerprint density at radius 3 is 2.25 bits per heavy atom. The minimum Gasteiger partial charge on any atom is -0.486 e. The van der Waals surface area contributed by atoms with E-state index in [9.17, 15) is 9.59 Å². The summed E-state index contributed by atoms with van der Waals surface area (Å²) in [5, 5.41) is 0. The molecule has 5 rings (SSSR count). The molecule has 0 atom stereocenters. The summed E-state index contributed by atoms with van der Waals surface area (Å²) in [6.45, 7) is 5.17. The van der Waals surface area contributed by atoms with Crippen LogP contribution in [0.5, 0.6) is 5.75 Å². The topological polar surface area (TPSA) is 46.6 Å². The highest BCUT2D eigenvalue weighted by Gasteiger charge is 2.44. The van der Waals surface area contributed by atoms with Crippen LogP contribution in [0.2, 0.25) is 0 Å². The summed E-state index contributed by atoms with van der Waals surface area (Å²) in [4.78, 5) is 27.9. The van der Waals surface area contributed by atoms with Crippen molar-refractivity contribution >= 4 is 11.7 Å². The molecule has 0 N–H and O–H groups in total. The molecule has 1 spiro atoms. The minimum atomic E-state index is -0.502. The van der Waals surface area contributed by atoms with Crippen LogP contribution in [0.1, 0.15) is 51.1 Å². The number of ketones is 1. The number of piperidine rings is 1. The normalized spacial score (nSPS) is 17.1. The van der Waals surface area contributed by atoms with Gasteiger partial charge in [0.1, 0.15) is 11.4 Å². The van der Waals surface area contributed by atoms with Gasteiger partial charge in [0.2, 0.25) is 0 Å². The Hall–Kier alpha value is -3.40. The van der Waals surface area contributed by atoms with E-state index in [0.717, 1.165) is 27.8 Å². The molecule has 2 aliphatic heterocycles. The first-order chi connectivity index (χ1) is 15.4. The lowest BCUT2D eigenvalue weighted by Gasteiger charge is -2.44. The number of likely N-dealkylation sites (tertiary alicyclic amines) is 1. The first-order valence-corrected chi connectivity index (χ1v) is 11.2. The number of hydrogen-bond donors (Lipinski definition) is 0. The molecular weight excluding hydrogens is 398 g/mol. The Morgan fingerprint density at radius 2 is 1.56 bits per heavy atom. The van der Waals surface area contributed by atoms with Crippen LogP contribution in [-0.4, -0.2) is 35.3 Å². The Morgan fingerprint density at radius 1 is 0.906 bits per heavy atom. The lowest BCUT2D eigenvalue weighted by molar-refractivity contribution is -0.00580. The molecular formula is C28H27NO3. The van der Waals surface area contributed by atoms with E-state index in [1.165, 1.54) is 0 Å². The number of aryl methyl sites for hydroxylation is 2. The Balaban J connectivity index is 1.28. The van der Waals surface area contributed by atoms with E-state index < -0.39 is 5.60 Å². The van der Waals surface area contributed by atoms with Gasteiger partial charge in [0.05, 0.1) is 12.0 Å². The van der Waals surface area contributed by atoms with E-state index in [1.807, 2.05) is 73.3 Å². The molecule has 162 valence electrons. The summed E-state index contributed by atoms with van der Waals surface area (Å²) in [7, 11) is 0. The summed E-state index contributed by atoms with van der Waals surface area (Å²) in [6.07, 6.45) is 1.72. The average Bonchev–Trinajstić information content (AvgIpc) is 2.79. The van der Waals surface area contributed by atoms with Crippen molar-refractivity contribution in [2.75, 3.05) is 13.1 Å². The van der Waals surface area contributed by atoms with E-state index in [2.05, 4.69) is 12.1 Å². The second-order valence-electron chi connectivity index (χ2n) is 9.08. The number of Topliss-reactive ketones (excluding diaryl/α,β-unsaturated/α-hetero) is 1. The Kier molecular flexibility index (Phi) is 5.09. The monoisotopic (exact) mass is 425 g/mol. The average molecular weight is 426 g/mol. The molecule has 1 saturated heterocycles. The van der Waals surface area contributed by atoms with Gasteiger partial charge in [0, 0.05) is 31.5 Å². The SMILES string of the molecule is Cc1cc(C)c2c(c1)OC1(CCN(C(=O)c3ccc(-c4ccccc4)cc3)CC1)CC2=O. The Labute approximate surface area is 188 Å². The number of hydrogen-bond acceptors (Lipinski definition) is 3. The fourth-order valence-electron chi connectivity index (χ4n) is 5.03. The molecule has 0 aromatic heterocycles. The predicted molar refractivity (Wildman–Crippen MR) is 125 cm³/mol. The van der Waals surface area contributed by atoms with Gasteiger partial charge in [-0.3, -0.25) is 9.59 Å². The van der Waals surface area contributed by atoms with Gasteiger partial charge < -0.3 is 9.64 Å². The number of nitrogens with zero attached hydrogens (tertiary/aromatic N) is 1. The number of carbonyl (C=O) groups excluding carboxylic acids is 2. The van der Waals surface area contributed by atoms with Crippen LogP contribution in [0.3, 0.4) is 0 Å². The third-order valence-electron chi connectivity index (χ3n) is 6.73. The first-order valence-electron chi connectivity index (χ1n) is 11.2. The van der Waals surface area contributed by atoms with Crippen LogP contribution in [0.15, 0.2) is 66.7 Å². The summed E-state index contributed by atoms with van der Waals surface area (Å²) in [5.74, 6) is 0.892. The minimum absolute atomic E-state index is 0.0358. The second-order valence-corrected chi connectivity index (χ2v) is 9.08. The number of amides is 1. The van der Waals surface area contributed by atoms with Crippen LogP contribution in [0.25, 0.3) is 11.1 Å². The largest absolute Gasteiger partial charge is 0.486 e. The van der Waals surface area contributed by atoms with Crippen LogP contribution in [0.4, 0.5) is 0 Å². The van der Waals surface area contributed by atoms with E-state index in [4.69, 9.17) is 4.74 Å². The molecule has 2 heterocycles. The number of benzene rings is 3. The zero-order valence-electron chi connectivity index (χ0n) is 18.6. The molecule has 1 amide bonds. The van der Waals surface area contributed by atoms with Crippen LogP contribution >= 0.6 is 0 Å². The quantitative estimate of drug-likeness (QED) is 0.536. The highest BCUT2D eigenvalue weighted by Crippen LogP contribution is 2.41. The van der Waals surface area contributed by atoms with Crippen LogP contribution in [0, 0.1) is 13.8 Å². The lowest BCUT2D eigenvalue weighted by Crippen LogP contribution is -2.52. The number of fused-ring (bicyclic) bond motifs is 1. The van der Waals surface area contributed by atoms with Crippen molar-refractivity contribution in [3.05, 3.63) is 89.0 Å². The van der Waals surface area contributed by atoms with Gasteiger partial charge >= 0.3 is 0 Å². The van der Waals surface area contributed by atoms with Gasteiger partial charge in [0.25, 0.3) is 5.91 Å². The molecule has 0 unspecified atom stereocenters. The maximum atomic E-state index is 13.1. The summed E-state index contributed by atoms with van der Waals surface area (Å²) < 4.78 is 6.43. The van der Waals surface area contributed by atoms with Crippen molar-refractivity contribution < 1.29 is 14.3 Å². The predicted octanol–water partition coefficient (Wildman–Crippen LogP) is 5.61. The van der Waals surface area contributed by atoms with Gasteiger partial charge in [-0.15, -0.1) is 0 Å². The maximum Gasteiger partial charge on any atom is 0.253 e. The molecule has 32 heavy (non-hydrogen) atoms. The van der Waals surface area contributed by atoms with Crippen molar-refractivity contribution in [2.45, 2.75) is 38.7 Å². The van der Waals surface area contributed by atoms with E-state index in [-0.39, 0.29) is 11.7 Å². The van der Waals surface area contributed by atoms with Crippen molar-refractivity contribution in [2.24, 2.45) is 0 Å². The second kappa shape index (κ2) is 7.94. The van der Waals surface area contributed by atoms with Crippen molar-refractivity contribution in [3.8, 4) is 16.9 Å². The third kappa shape index (κ3) is 3.70. The number of rotatable bonds is 2. The molecule has 3 aromatic carbocycles. The van der Waals surface area contributed by atoms with Crippen molar-refractivity contribution in [3.63, 3.8) is 0 Å². The summed E-state index contributed by atoms with van der Waals surface area (Å²) >= 11 is 0. The third-order valence-corrected chi connectivity index (χ3v) is 6.73. The van der Waals surface area contributed by atoms with Crippen LogP contribution in [-0.2, 0) is 0 Å². The fraction of sp³-hybridized carbons (Fsp3) is 0.286. The van der Waals surface area contributed by atoms with Crippen LogP contribution < -0.4 is 4.74 Å². The fourth-order valence-corrected chi connectivity index (χ4v) is 5.03. The Bertz CT molecular complexity index is 1170. The summed E-state index contributed by atoms with van der Waals surface area (Å²) in [5.41, 5.74) is 5.22. The smallest absolute Gasteiger partial charge is 0.253 e. The van der Waals surface area contributed by atoms with Gasteiger partial charge in [0.15, 0.2) is 5.78 Å². The highest BCUT2D eigenvalue weighted by atomic mass is 16.5. The maximum absolute atomic E-state index is 13.1. The molecule has 3 aromatic rings. The lowest BCUT2D eigenvalue weighted by atomic mass is 9.81. The molecule has 2 aliphatic rings. The zero-order valence-corrected chi connectivity index (χ0v) is 18.6. The van der Waals surface area contributed by atoms with E-state index in [0.29, 0.717) is 43.7 Å². The molecule has 0 aliphatic carbocycles. The molecule has 0 radical (unpaired) electrons. The van der Waals surface area contributed by atoms with Gasteiger partial charge in [-0.05, 0) is 54.3 Å². The zero-order chi connectivity index (χ0) is 22.3. The molecule has 1 fully saturated rings. The van der Waals surface area contributed by atoms with Crippen molar-refractivity contribution in [1.29, 1.82) is 0 Å². The first kappa shape index (κ1) is 20.5. The standard InChI is InChI=1S/C28H27NO3/c1-19-16-20(2)26-24(30)18-28(32-25(26)17-19)12-14-29(15-13-28)27(31)23-10-8-22(9-11-23)21-6-4-3-5-7-21/h3-11,16-17H,12-15,18H2,1-2H3. The molecule has 4 nitrogen and oxygen atoms in total. The van der Waals surface area contributed by atoms with Gasteiger partial charge in [-0.1, -0.05) is 48.5 Å². The highest BCUT2D eigenvalue weighted by molar-refractivity contribution is 6.02. The van der Waals surface area contributed by atoms with Gasteiger partial charge in [-0.25, -0.2) is 0 Å². The van der Waals surface area contributed by atoms with Crippen molar-refractivity contribution in [1.82, 2.24) is 4.90 Å². The number of carbonyl (C=O) groups is 2. The van der Waals surface area contributed by atoms with E-state index >= 15 is 0 Å². The molecule has 0 saturated carbocycles. The van der Waals surface area contributed by atoms with E-state index in [1.54, 1.807) is 0 Å². The van der Waals surface area contributed by atoms with Gasteiger partial charge in [-0.2, -0.15) is 0 Å². The number of ether oxygens (including phenoxy) is 1.